The van der Waals surface area contributed by atoms with Crippen LogP contribution in [0.3, 0.4) is 0 Å². The molecule has 5 heteroatoms. The maximum Gasteiger partial charge on any atom is 0.277 e. The summed E-state index contributed by atoms with van der Waals surface area (Å²) in [7, 11) is 0. The van der Waals surface area contributed by atoms with Gasteiger partial charge in [-0.15, -0.1) is 10.2 Å². The standard InChI is InChI=1S/C18H19N3OS/c1-18(2,3)15-6-4-13(5-7-15)12-23-17-21-20-16(22-17)14-8-10-19-11-9-14/h4-11H,12H2,1-3H3. The SMILES string of the molecule is CC(C)(C)c1ccc(CSc2nnc(-c3ccncc3)o2)cc1. The lowest BCUT2D eigenvalue weighted by Crippen LogP contribution is -2.10. The van der Waals surface area contributed by atoms with Crippen LogP contribution in [0.15, 0.2) is 58.4 Å². The highest BCUT2D eigenvalue weighted by atomic mass is 32.2. The van der Waals surface area contributed by atoms with Crippen LogP contribution in [0.1, 0.15) is 31.9 Å². The number of hydrogen-bond acceptors (Lipinski definition) is 5. The number of nitrogens with zero attached hydrogens (tertiary/aromatic N) is 3. The van der Waals surface area contributed by atoms with Gasteiger partial charge in [-0.05, 0) is 28.7 Å². The van der Waals surface area contributed by atoms with Gasteiger partial charge in [0.05, 0.1) is 0 Å². The van der Waals surface area contributed by atoms with Crippen molar-refractivity contribution in [2.24, 2.45) is 0 Å². The minimum atomic E-state index is 0.178. The molecule has 1 aromatic carbocycles. The van der Waals surface area contributed by atoms with Crippen molar-refractivity contribution in [3.05, 3.63) is 59.9 Å². The van der Waals surface area contributed by atoms with E-state index >= 15 is 0 Å². The molecule has 0 unspecified atom stereocenters. The second-order valence-electron chi connectivity index (χ2n) is 6.34. The number of thioether (sulfide) groups is 1. The zero-order valence-corrected chi connectivity index (χ0v) is 14.3. The van der Waals surface area contributed by atoms with Gasteiger partial charge in [-0.2, -0.15) is 0 Å². The van der Waals surface area contributed by atoms with Gasteiger partial charge >= 0.3 is 0 Å². The fraction of sp³-hybridized carbons (Fsp3) is 0.278. The summed E-state index contributed by atoms with van der Waals surface area (Å²) in [4.78, 5) is 3.98. The smallest absolute Gasteiger partial charge is 0.277 e. The monoisotopic (exact) mass is 325 g/mol. The summed E-state index contributed by atoms with van der Waals surface area (Å²) < 4.78 is 5.68. The summed E-state index contributed by atoms with van der Waals surface area (Å²) >= 11 is 1.55. The van der Waals surface area contributed by atoms with E-state index in [-0.39, 0.29) is 5.41 Å². The predicted octanol–water partition coefficient (Wildman–Crippen LogP) is 4.72. The van der Waals surface area contributed by atoms with Crippen molar-refractivity contribution >= 4 is 11.8 Å². The molecule has 0 radical (unpaired) electrons. The van der Waals surface area contributed by atoms with Gasteiger partial charge in [0.2, 0.25) is 5.89 Å². The molecule has 118 valence electrons. The summed E-state index contributed by atoms with van der Waals surface area (Å²) in [5.41, 5.74) is 3.64. The van der Waals surface area contributed by atoms with Crippen molar-refractivity contribution < 1.29 is 4.42 Å². The van der Waals surface area contributed by atoms with E-state index in [2.05, 4.69) is 60.2 Å². The van der Waals surface area contributed by atoms with Crippen LogP contribution in [0.25, 0.3) is 11.5 Å². The van der Waals surface area contributed by atoms with Crippen LogP contribution in [-0.2, 0) is 11.2 Å². The average molecular weight is 325 g/mol. The van der Waals surface area contributed by atoms with Crippen LogP contribution in [0.5, 0.6) is 0 Å². The third-order valence-electron chi connectivity index (χ3n) is 3.52. The lowest BCUT2D eigenvalue weighted by atomic mass is 9.87. The van der Waals surface area contributed by atoms with Crippen LogP contribution in [-0.4, -0.2) is 15.2 Å². The Morgan fingerprint density at radius 3 is 2.30 bits per heavy atom. The second-order valence-corrected chi connectivity index (χ2v) is 7.27. The Hall–Kier alpha value is -2.14. The third-order valence-corrected chi connectivity index (χ3v) is 4.41. The summed E-state index contributed by atoms with van der Waals surface area (Å²) in [5, 5.41) is 8.75. The van der Waals surface area contributed by atoms with Crippen molar-refractivity contribution in [2.75, 3.05) is 0 Å². The van der Waals surface area contributed by atoms with Gasteiger partial charge in [0, 0.05) is 23.7 Å². The normalized spacial score (nSPS) is 11.6. The first kappa shape index (κ1) is 15.7. The zero-order chi connectivity index (χ0) is 16.3. The first-order valence-corrected chi connectivity index (χ1v) is 8.47. The molecule has 0 atom stereocenters. The van der Waals surface area contributed by atoms with Gasteiger partial charge in [-0.3, -0.25) is 4.98 Å². The molecule has 23 heavy (non-hydrogen) atoms. The molecule has 0 spiro atoms. The lowest BCUT2D eigenvalue weighted by molar-refractivity contribution is 0.466. The summed E-state index contributed by atoms with van der Waals surface area (Å²) in [6, 6.07) is 12.4. The quantitative estimate of drug-likeness (QED) is 0.650. The largest absolute Gasteiger partial charge is 0.411 e. The predicted molar refractivity (Wildman–Crippen MR) is 92.2 cm³/mol. The molecule has 0 aliphatic carbocycles. The van der Waals surface area contributed by atoms with E-state index in [1.165, 1.54) is 11.1 Å². The van der Waals surface area contributed by atoms with Gasteiger partial charge in [-0.25, -0.2) is 0 Å². The van der Waals surface area contributed by atoms with Gasteiger partial charge < -0.3 is 4.42 Å². The molecule has 0 aliphatic rings. The maximum absolute atomic E-state index is 5.68. The van der Waals surface area contributed by atoms with Crippen LogP contribution < -0.4 is 0 Å². The summed E-state index contributed by atoms with van der Waals surface area (Å²) in [6.45, 7) is 6.65. The Kier molecular flexibility index (Phi) is 4.48. The highest BCUT2D eigenvalue weighted by Crippen LogP contribution is 2.27. The molecule has 0 fully saturated rings. The van der Waals surface area contributed by atoms with E-state index in [0.717, 1.165) is 11.3 Å². The first-order chi connectivity index (χ1) is 11.0. The Morgan fingerprint density at radius 1 is 0.957 bits per heavy atom. The Balaban J connectivity index is 1.64. The fourth-order valence-corrected chi connectivity index (χ4v) is 2.84. The molecule has 2 aromatic heterocycles. The van der Waals surface area contributed by atoms with Crippen LogP contribution in [0, 0.1) is 0 Å². The average Bonchev–Trinajstić information content (AvgIpc) is 3.02. The van der Waals surface area contributed by atoms with Crippen molar-refractivity contribution in [3.8, 4) is 11.5 Å². The highest BCUT2D eigenvalue weighted by molar-refractivity contribution is 7.98. The summed E-state index contributed by atoms with van der Waals surface area (Å²) in [5.74, 6) is 1.33. The lowest BCUT2D eigenvalue weighted by Gasteiger charge is -2.19. The van der Waals surface area contributed by atoms with Crippen LogP contribution in [0.2, 0.25) is 0 Å². The minimum Gasteiger partial charge on any atom is -0.411 e. The van der Waals surface area contributed by atoms with Crippen molar-refractivity contribution in [2.45, 2.75) is 37.2 Å². The molecule has 3 aromatic rings. The van der Waals surface area contributed by atoms with E-state index in [9.17, 15) is 0 Å². The number of hydrogen-bond donors (Lipinski definition) is 0. The van der Waals surface area contributed by atoms with Gasteiger partial charge in [0.25, 0.3) is 5.22 Å². The number of rotatable bonds is 4. The fourth-order valence-electron chi connectivity index (χ4n) is 2.13. The molecular weight excluding hydrogens is 306 g/mol. The van der Waals surface area contributed by atoms with E-state index in [1.54, 1.807) is 24.2 Å². The van der Waals surface area contributed by atoms with Crippen LogP contribution >= 0.6 is 11.8 Å². The third kappa shape index (κ3) is 3.99. The molecule has 0 saturated heterocycles. The van der Waals surface area contributed by atoms with E-state index in [1.807, 2.05) is 12.1 Å². The highest BCUT2D eigenvalue weighted by Gasteiger charge is 2.13. The van der Waals surface area contributed by atoms with E-state index < -0.39 is 0 Å². The number of pyridine rings is 1. The molecule has 0 aliphatic heterocycles. The van der Waals surface area contributed by atoms with Gasteiger partial charge in [-0.1, -0.05) is 56.8 Å². The molecular formula is C18H19N3OS. The molecule has 0 bridgehead atoms. The topological polar surface area (TPSA) is 51.8 Å². The number of aromatic nitrogens is 3. The van der Waals surface area contributed by atoms with E-state index in [4.69, 9.17) is 4.42 Å². The molecule has 0 saturated carbocycles. The Bertz CT molecular complexity index is 761. The minimum absolute atomic E-state index is 0.178. The Labute approximate surface area is 140 Å². The molecule has 0 amide bonds. The van der Waals surface area contributed by atoms with Crippen molar-refractivity contribution in [1.82, 2.24) is 15.2 Å². The van der Waals surface area contributed by atoms with Crippen LogP contribution in [0.4, 0.5) is 0 Å². The van der Waals surface area contributed by atoms with Gasteiger partial charge in [0.15, 0.2) is 0 Å². The zero-order valence-electron chi connectivity index (χ0n) is 13.5. The Morgan fingerprint density at radius 2 is 1.65 bits per heavy atom. The van der Waals surface area contributed by atoms with E-state index in [0.29, 0.717) is 11.1 Å². The van der Waals surface area contributed by atoms with Crippen molar-refractivity contribution in [3.63, 3.8) is 0 Å². The molecule has 4 nitrogen and oxygen atoms in total. The molecule has 2 heterocycles. The van der Waals surface area contributed by atoms with Crippen molar-refractivity contribution in [1.29, 1.82) is 0 Å². The molecule has 3 rings (SSSR count). The second kappa shape index (κ2) is 6.54. The van der Waals surface area contributed by atoms with Gasteiger partial charge in [0.1, 0.15) is 0 Å². The number of benzene rings is 1. The maximum atomic E-state index is 5.68. The summed E-state index contributed by atoms with van der Waals surface area (Å²) in [6.07, 6.45) is 3.42. The first-order valence-electron chi connectivity index (χ1n) is 7.48. The molecule has 0 N–H and O–H groups in total.